The number of para-hydroxylation sites is 1. The van der Waals surface area contributed by atoms with Gasteiger partial charge in [-0.25, -0.2) is 4.98 Å². The normalized spacial score (nSPS) is 12.8. The highest BCUT2D eigenvalue weighted by atomic mass is 16.3. The van der Waals surface area contributed by atoms with Crippen molar-refractivity contribution >= 4 is 23.3 Å². The number of aliphatic hydroxyl groups is 1. The molecule has 2 heterocycles. The van der Waals surface area contributed by atoms with E-state index < -0.39 is 0 Å². The van der Waals surface area contributed by atoms with Crippen molar-refractivity contribution in [1.82, 2.24) is 15.3 Å². The topological polar surface area (TPSA) is 116 Å². The number of nitrogens with one attached hydrogen (secondary N) is 3. The summed E-state index contributed by atoms with van der Waals surface area (Å²) in [6, 6.07) is 30.2. The Labute approximate surface area is 298 Å². The summed E-state index contributed by atoms with van der Waals surface area (Å²) < 4.78 is 0. The number of anilines is 2. The van der Waals surface area contributed by atoms with Crippen molar-refractivity contribution in [2.45, 2.75) is 108 Å². The van der Waals surface area contributed by atoms with Crippen molar-refractivity contribution in [3.8, 4) is 0 Å². The van der Waals surface area contributed by atoms with Crippen LogP contribution in [0.5, 0.6) is 0 Å². The number of benzene rings is 2. The van der Waals surface area contributed by atoms with Gasteiger partial charge in [-0.05, 0) is 80.5 Å². The smallest absolute Gasteiger partial charge is 0.224 e. The number of amides is 2. The molecule has 4 N–H and O–H groups in total. The largest absolute Gasteiger partial charge is 0.393 e. The number of aromatic nitrogens is 2. The number of carbonyl (C=O) groups is 2. The molecule has 2 aromatic carbocycles. The molecule has 0 saturated heterocycles. The van der Waals surface area contributed by atoms with Crippen LogP contribution in [0, 0.1) is 0 Å². The summed E-state index contributed by atoms with van der Waals surface area (Å²) in [5.41, 5.74) is 3.98. The van der Waals surface area contributed by atoms with E-state index in [4.69, 9.17) is 4.98 Å². The average molecular weight is 678 g/mol. The van der Waals surface area contributed by atoms with E-state index in [1.54, 1.807) is 13.1 Å². The van der Waals surface area contributed by atoms with Crippen LogP contribution in [0.1, 0.15) is 113 Å². The lowest BCUT2D eigenvalue weighted by atomic mass is 9.84. The zero-order valence-electron chi connectivity index (χ0n) is 29.6. The molecule has 2 amide bonds. The molecule has 4 aromatic rings. The fourth-order valence-corrected chi connectivity index (χ4v) is 6.30. The minimum Gasteiger partial charge on any atom is -0.393 e. The maximum atomic E-state index is 13.3. The molecule has 0 spiro atoms. The molecular formula is C42H55N5O3. The molecule has 0 fully saturated rings. The van der Waals surface area contributed by atoms with E-state index in [9.17, 15) is 14.7 Å². The second-order valence-electron chi connectivity index (χ2n) is 13.2. The molecule has 50 heavy (non-hydrogen) atoms. The summed E-state index contributed by atoms with van der Waals surface area (Å²) in [4.78, 5) is 34.5. The lowest BCUT2D eigenvalue weighted by Crippen LogP contribution is -2.24. The number of carbonyl (C=O) groups excluding carboxylic acids is 2. The van der Waals surface area contributed by atoms with Gasteiger partial charge in [0.2, 0.25) is 11.8 Å². The van der Waals surface area contributed by atoms with E-state index in [1.807, 2.05) is 60.8 Å². The number of aliphatic hydroxyl groups excluding tert-OH is 1. The number of hydrogen-bond donors (Lipinski definition) is 4. The highest BCUT2D eigenvalue weighted by Gasteiger charge is 2.29. The zero-order valence-corrected chi connectivity index (χ0v) is 29.6. The maximum absolute atomic E-state index is 13.3. The Kier molecular flexibility index (Phi) is 17.0. The average Bonchev–Trinajstić information content (AvgIpc) is 3.13. The molecule has 0 bridgehead atoms. The molecular weight excluding hydrogens is 622 g/mol. The van der Waals surface area contributed by atoms with Crippen LogP contribution in [-0.4, -0.2) is 39.5 Å². The van der Waals surface area contributed by atoms with Crippen LogP contribution in [0.25, 0.3) is 0 Å². The van der Waals surface area contributed by atoms with Crippen LogP contribution >= 0.6 is 0 Å². The van der Waals surface area contributed by atoms with Gasteiger partial charge in [-0.2, -0.15) is 0 Å². The van der Waals surface area contributed by atoms with Crippen LogP contribution in [-0.2, 0) is 16.0 Å². The first-order valence-electron chi connectivity index (χ1n) is 18.5. The number of hydrogen-bond acceptors (Lipinski definition) is 6. The maximum Gasteiger partial charge on any atom is 0.224 e. The van der Waals surface area contributed by atoms with Crippen molar-refractivity contribution in [3.05, 3.63) is 120 Å². The lowest BCUT2D eigenvalue weighted by molar-refractivity contribution is -0.121. The van der Waals surface area contributed by atoms with Crippen LogP contribution < -0.4 is 16.0 Å². The second kappa shape index (κ2) is 22.2. The third kappa shape index (κ3) is 14.1. The molecule has 266 valence electrons. The van der Waals surface area contributed by atoms with Crippen molar-refractivity contribution in [3.63, 3.8) is 0 Å². The minimum atomic E-state index is -0.343. The predicted molar refractivity (Wildman–Crippen MR) is 203 cm³/mol. The minimum absolute atomic E-state index is 0.0272. The number of nitrogens with zero attached hydrogens (tertiary/aromatic N) is 2. The molecule has 3 unspecified atom stereocenters. The Hall–Kier alpha value is -4.56. The van der Waals surface area contributed by atoms with Gasteiger partial charge >= 0.3 is 0 Å². The van der Waals surface area contributed by atoms with Gasteiger partial charge in [0, 0.05) is 49.1 Å². The van der Waals surface area contributed by atoms with Crippen LogP contribution in [0.3, 0.4) is 0 Å². The van der Waals surface area contributed by atoms with Crippen LogP contribution in [0.4, 0.5) is 11.5 Å². The summed E-state index contributed by atoms with van der Waals surface area (Å²) in [7, 11) is 0. The van der Waals surface area contributed by atoms with E-state index >= 15 is 0 Å². The number of rotatable bonds is 23. The molecule has 0 radical (unpaired) electrons. The summed E-state index contributed by atoms with van der Waals surface area (Å²) >= 11 is 0. The quantitative estimate of drug-likeness (QED) is 0.0584. The van der Waals surface area contributed by atoms with Gasteiger partial charge in [-0.1, -0.05) is 99.2 Å². The van der Waals surface area contributed by atoms with E-state index in [1.165, 1.54) is 12.0 Å². The SMILES string of the molecule is CC(O)CCCC(=O)NCCCCCCCCCCC(=O)Nc1ccccc1C(Nc1ccccn1)C(Cc1ccccc1)c1ccccn1. The summed E-state index contributed by atoms with van der Waals surface area (Å²) in [5.74, 6) is 0.832. The Morgan fingerprint density at radius 2 is 1.32 bits per heavy atom. The standard InChI is InChI=1S/C42H55N5O3/c1-33(48)20-19-28-40(49)45-31-16-7-5-3-2-4-6-11-27-41(50)46-38-25-13-12-23-35(38)42(47-39-26-15-18-30-44-39)36(37-24-14-17-29-43-37)32-34-21-9-8-10-22-34/h8-10,12-15,17-18,21-26,29-30,33,36,42,48H,2-7,11,16,19-20,27-28,31-32H2,1H3,(H,44,47)(H,45,49)(H,46,50). The van der Waals surface area contributed by atoms with Gasteiger partial charge in [0.15, 0.2) is 0 Å². The molecule has 0 saturated carbocycles. The Balaban J connectivity index is 1.27. The summed E-state index contributed by atoms with van der Waals surface area (Å²) in [5, 5.41) is 19.2. The van der Waals surface area contributed by atoms with Crippen molar-refractivity contribution < 1.29 is 14.7 Å². The molecule has 4 rings (SSSR count). The van der Waals surface area contributed by atoms with Crippen molar-refractivity contribution in [2.75, 3.05) is 17.2 Å². The molecule has 8 heteroatoms. The number of unbranched alkanes of at least 4 members (excludes halogenated alkanes) is 7. The van der Waals surface area contributed by atoms with Gasteiger partial charge in [-0.15, -0.1) is 0 Å². The van der Waals surface area contributed by atoms with E-state index in [0.717, 1.165) is 87.1 Å². The van der Waals surface area contributed by atoms with Gasteiger partial charge in [-0.3, -0.25) is 14.6 Å². The number of pyridine rings is 2. The van der Waals surface area contributed by atoms with E-state index in [0.29, 0.717) is 19.3 Å². The fraction of sp³-hybridized carbons (Fsp3) is 0.429. The second-order valence-corrected chi connectivity index (χ2v) is 13.2. The van der Waals surface area contributed by atoms with Crippen molar-refractivity contribution in [2.24, 2.45) is 0 Å². The van der Waals surface area contributed by atoms with Gasteiger partial charge in [0.05, 0.1) is 12.1 Å². The Bertz CT molecular complexity index is 1520. The van der Waals surface area contributed by atoms with Crippen LogP contribution in [0.15, 0.2) is 103 Å². The first-order valence-corrected chi connectivity index (χ1v) is 18.5. The molecule has 0 aliphatic carbocycles. The molecule has 0 aliphatic heterocycles. The van der Waals surface area contributed by atoms with Crippen LogP contribution in [0.2, 0.25) is 0 Å². The molecule has 0 aliphatic rings. The summed E-state index contributed by atoms with van der Waals surface area (Å²) in [6.07, 6.45) is 15.0. The Morgan fingerprint density at radius 1 is 0.680 bits per heavy atom. The molecule has 8 nitrogen and oxygen atoms in total. The van der Waals surface area contributed by atoms with E-state index in [-0.39, 0.29) is 29.9 Å². The van der Waals surface area contributed by atoms with Gasteiger partial charge in [0.25, 0.3) is 0 Å². The summed E-state index contributed by atoms with van der Waals surface area (Å²) in [6.45, 7) is 2.48. The highest BCUT2D eigenvalue weighted by molar-refractivity contribution is 5.91. The predicted octanol–water partition coefficient (Wildman–Crippen LogP) is 8.77. The van der Waals surface area contributed by atoms with Gasteiger partial charge < -0.3 is 21.1 Å². The monoisotopic (exact) mass is 677 g/mol. The zero-order chi connectivity index (χ0) is 35.2. The molecule has 3 atom stereocenters. The first kappa shape index (κ1) is 38.2. The first-order chi connectivity index (χ1) is 24.5. The third-order valence-electron chi connectivity index (χ3n) is 8.99. The third-order valence-corrected chi connectivity index (χ3v) is 8.99. The lowest BCUT2D eigenvalue weighted by Gasteiger charge is -2.30. The molecule has 2 aromatic heterocycles. The highest BCUT2D eigenvalue weighted by Crippen LogP contribution is 2.38. The Morgan fingerprint density at radius 3 is 2.02 bits per heavy atom. The van der Waals surface area contributed by atoms with E-state index in [2.05, 4.69) is 57.3 Å². The van der Waals surface area contributed by atoms with Gasteiger partial charge in [0.1, 0.15) is 5.82 Å². The van der Waals surface area contributed by atoms with Crippen molar-refractivity contribution in [1.29, 1.82) is 0 Å². The fourth-order valence-electron chi connectivity index (χ4n) is 6.30.